The number of hydrogen-bond acceptors (Lipinski definition) is 4. The Labute approximate surface area is 182 Å². The van der Waals surface area contributed by atoms with Crippen molar-refractivity contribution in [3.63, 3.8) is 0 Å². The summed E-state index contributed by atoms with van der Waals surface area (Å²) >= 11 is 0. The number of benzene rings is 2. The molecule has 4 rings (SSSR count). The molecule has 0 saturated carbocycles. The molecular formula is C25H21N3O2S. The summed E-state index contributed by atoms with van der Waals surface area (Å²) in [5, 5.41) is 0.829. The van der Waals surface area contributed by atoms with E-state index in [1.165, 1.54) is 0 Å². The maximum atomic E-state index is 13.5. The van der Waals surface area contributed by atoms with Crippen molar-refractivity contribution in [3.8, 4) is 11.8 Å². The number of fused-ring (bicyclic) bond motifs is 1. The quantitative estimate of drug-likeness (QED) is 0.479. The normalized spacial score (nSPS) is 11.1. The van der Waals surface area contributed by atoms with Gasteiger partial charge in [-0.1, -0.05) is 30.0 Å². The van der Waals surface area contributed by atoms with Crippen LogP contribution in [-0.2, 0) is 10.0 Å². The molecule has 0 unspecified atom stereocenters. The second-order valence-electron chi connectivity index (χ2n) is 7.25. The fraction of sp³-hybridized carbons (Fsp3) is 0.120. The van der Waals surface area contributed by atoms with Crippen LogP contribution in [0.15, 0.2) is 72.0 Å². The minimum Gasteiger partial charge on any atom is -0.278 e. The van der Waals surface area contributed by atoms with E-state index in [9.17, 15) is 8.42 Å². The van der Waals surface area contributed by atoms with Crippen LogP contribution in [0.25, 0.3) is 10.9 Å². The van der Waals surface area contributed by atoms with Crippen LogP contribution in [-0.4, -0.2) is 18.4 Å². The summed E-state index contributed by atoms with van der Waals surface area (Å²) < 4.78 is 29.8. The second kappa shape index (κ2) is 8.21. The van der Waals surface area contributed by atoms with E-state index in [1.807, 2.05) is 45.0 Å². The van der Waals surface area contributed by atoms with Crippen molar-refractivity contribution in [3.05, 3.63) is 94.9 Å². The fourth-order valence-corrected chi connectivity index (χ4v) is 5.04. The lowest BCUT2D eigenvalue weighted by molar-refractivity contribution is 0.601. The molecule has 1 N–H and O–H groups in total. The van der Waals surface area contributed by atoms with Crippen LogP contribution in [0.3, 0.4) is 0 Å². The molecule has 0 atom stereocenters. The smallest absolute Gasteiger partial charge is 0.264 e. The standard InChI is InChI=1S/C25H21N3O2S/c1-17-18(2)22-10-7-15-27-24(22)25(19(17)3)31(29,30)28-23-11-5-4-9-21(23)13-12-20-8-6-14-26-16-20/h4-11,14-16,28H,1-3H3. The lowest BCUT2D eigenvalue weighted by Crippen LogP contribution is -2.17. The highest BCUT2D eigenvalue weighted by Crippen LogP contribution is 2.32. The molecule has 0 radical (unpaired) electrons. The Kier molecular flexibility index (Phi) is 5.45. The van der Waals surface area contributed by atoms with E-state index < -0.39 is 10.0 Å². The van der Waals surface area contributed by atoms with Crippen molar-refractivity contribution < 1.29 is 8.42 Å². The Bertz CT molecular complexity index is 1450. The van der Waals surface area contributed by atoms with E-state index in [0.717, 1.165) is 22.1 Å². The number of para-hydroxylation sites is 1. The summed E-state index contributed by atoms with van der Waals surface area (Å²) in [6.45, 7) is 5.74. The molecule has 0 spiro atoms. The first-order valence-electron chi connectivity index (χ1n) is 9.77. The predicted molar refractivity (Wildman–Crippen MR) is 123 cm³/mol. The van der Waals surface area contributed by atoms with Crippen molar-refractivity contribution in [1.29, 1.82) is 0 Å². The van der Waals surface area contributed by atoms with Crippen LogP contribution in [0.5, 0.6) is 0 Å². The lowest BCUT2D eigenvalue weighted by Gasteiger charge is -2.17. The average molecular weight is 428 g/mol. The predicted octanol–water partition coefficient (Wildman–Crippen LogP) is 4.76. The molecule has 4 aromatic rings. The molecule has 0 aliphatic rings. The van der Waals surface area contributed by atoms with Crippen molar-refractivity contribution >= 4 is 26.6 Å². The van der Waals surface area contributed by atoms with Gasteiger partial charge in [0, 0.05) is 35.1 Å². The summed E-state index contributed by atoms with van der Waals surface area (Å²) in [6.07, 6.45) is 4.95. The first kappa shape index (κ1) is 20.6. The number of pyridine rings is 2. The Hall–Kier alpha value is -3.69. The molecule has 6 heteroatoms. The first-order valence-corrected chi connectivity index (χ1v) is 11.2. The van der Waals surface area contributed by atoms with E-state index in [-0.39, 0.29) is 4.90 Å². The number of anilines is 1. The molecule has 5 nitrogen and oxygen atoms in total. The van der Waals surface area contributed by atoms with E-state index >= 15 is 0 Å². The third kappa shape index (κ3) is 4.00. The van der Waals surface area contributed by atoms with Gasteiger partial charge in [-0.05, 0) is 67.8 Å². The maximum absolute atomic E-state index is 13.5. The summed E-state index contributed by atoms with van der Waals surface area (Å²) in [5.74, 6) is 6.07. The van der Waals surface area contributed by atoms with Gasteiger partial charge < -0.3 is 0 Å². The van der Waals surface area contributed by atoms with Crippen LogP contribution in [0.2, 0.25) is 0 Å². The minimum absolute atomic E-state index is 0.196. The van der Waals surface area contributed by atoms with Gasteiger partial charge >= 0.3 is 0 Å². The third-order valence-electron chi connectivity index (χ3n) is 5.34. The number of sulfonamides is 1. The zero-order chi connectivity index (χ0) is 22.0. The zero-order valence-electron chi connectivity index (χ0n) is 17.5. The molecule has 31 heavy (non-hydrogen) atoms. The number of nitrogens with zero attached hydrogens (tertiary/aromatic N) is 2. The number of aromatic nitrogens is 2. The molecule has 0 amide bonds. The average Bonchev–Trinajstić information content (AvgIpc) is 2.77. The van der Waals surface area contributed by atoms with Crippen molar-refractivity contribution in [2.75, 3.05) is 4.72 Å². The highest BCUT2D eigenvalue weighted by atomic mass is 32.2. The van der Waals surface area contributed by atoms with Gasteiger partial charge in [0.2, 0.25) is 0 Å². The molecule has 0 bridgehead atoms. The highest BCUT2D eigenvalue weighted by Gasteiger charge is 2.24. The molecule has 0 saturated heterocycles. The minimum atomic E-state index is -3.91. The van der Waals surface area contributed by atoms with Crippen LogP contribution in [0.4, 0.5) is 5.69 Å². The largest absolute Gasteiger partial charge is 0.278 e. The molecule has 0 fully saturated rings. The third-order valence-corrected chi connectivity index (χ3v) is 6.86. The van der Waals surface area contributed by atoms with Gasteiger partial charge in [-0.2, -0.15) is 0 Å². The van der Waals surface area contributed by atoms with Gasteiger partial charge in [-0.15, -0.1) is 0 Å². The molecular weight excluding hydrogens is 406 g/mol. The van der Waals surface area contributed by atoms with Crippen molar-refractivity contribution in [2.24, 2.45) is 0 Å². The van der Waals surface area contributed by atoms with Crippen LogP contribution in [0.1, 0.15) is 27.8 Å². The monoisotopic (exact) mass is 427 g/mol. The number of rotatable bonds is 3. The van der Waals surface area contributed by atoms with E-state index in [0.29, 0.717) is 22.3 Å². The van der Waals surface area contributed by atoms with Crippen LogP contribution in [0, 0.1) is 32.6 Å². The second-order valence-corrected chi connectivity index (χ2v) is 8.87. The van der Waals surface area contributed by atoms with Gasteiger partial charge in [0.15, 0.2) is 0 Å². The first-order chi connectivity index (χ1) is 14.9. The SMILES string of the molecule is Cc1c(C)c(S(=O)(=O)Nc2ccccc2C#Cc2cccnc2)c2ncccc2c1C. The molecule has 2 aromatic carbocycles. The zero-order valence-corrected chi connectivity index (χ0v) is 18.3. The summed E-state index contributed by atoms with van der Waals surface area (Å²) in [7, 11) is -3.91. The van der Waals surface area contributed by atoms with Gasteiger partial charge in [-0.3, -0.25) is 14.7 Å². The number of aryl methyl sites for hydroxylation is 1. The van der Waals surface area contributed by atoms with Gasteiger partial charge in [0.25, 0.3) is 10.0 Å². The molecule has 0 aliphatic heterocycles. The molecule has 0 aliphatic carbocycles. The van der Waals surface area contributed by atoms with Crippen LogP contribution >= 0.6 is 0 Å². The van der Waals surface area contributed by atoms with Crippen molar-refractivity contribution in [1.82, 2.24) is 9.97 Å². The summed E-state index contributed by atoms with van der Waals surface area (Å²) in [4.78, 5) is 8.64. The Morgan fingerprint density at radius 1 is 0.839 bits per heavy atom. The van der Waals surface area contributed by atoms with Gasteiger partial charge in [0.1, 0.15) is 4.90 Å². The molecule has 2 aromatic heterocycles. The Morgan fingerprint density at radius 2 is 1.61 bits per heavy atom. The van der Waals surface area contributed by atoms with E-state index in [4.69, 9.17) is 0 Å². The van der Waals surface area contributed by atoms with Gasteiger partial charge in [-0.25, -0.2) is 8.42 Å². The summed E-state index contributed by atoms with van der Waals surface area (Å²) in [6, 6.07) is 14.5. The molecule has 154 valence electrons. The summed E-state index contributed by atoms with van der Waals surface area (Å²) in [5.41, 5.74) is 4.87. The highest BCUT2D eigenvalue weighted by molar-refractivity contribution is 7.93. The Balaban J connectivity index is 1.81. The molecule has 2 heterocycles. The van der Waals surface area contributed by atoms with E-state index in [1.54, 1.807) is 42.9 Å². The van der Waals surface area contributed by atoms with Gasteiger partial charge in [0.05, 0.1) is 11.2 Å². The van der Waals surface area contributed by atoms with Crippen LogP contribution < -0.4 is 4.72 Å². The number of nitrogens with one attached hydrogen (secondary N) is 1. The van der Waals surface area contributed by atoms with E-state index in [2.05, 4.69) is 26.5 Å². The lowest BCUT2D eigenvalue weighted by atomic mass is 9.99. The number of hydrogen-bond donors (Lipinski definition) is 1. The Morgan fingerprint density at radius 3 is 2.39 bits per heavy atom. The fourth-order valence-electron chi connectivity index (χ4n) is 3.50. The maximum Gasteiger partial charge on any atom is 0.264 e. The van der Waals surface area contributed by atoms with Crippen molar-refractivity contribution in [2.45, 2.75) is 25.7 Å². The topological polar surface area (TPSA) is 72.0 Å².